The van der Waals surface area contributed by atoms with Gasteiger partial charge < -0.3 is 15.0 Å². The molecule has 1 atom stereocenters. The minimum Gasteiger partial charge on any atom is -0.381 e. The van der Waals surface area contributed by atoms with E-state index in [1.54, 1.807) is 13.2 Å². The monoisotopic (exact) mass is 232 g/mol. The Morgan fingerprint density at radius 2 is 2.24 bits per heavy atom. The zero-order valence-electron chi connectivity index (χ0n) is 10.0. The van der Waals surface area contributed by atoms with Crippen LogP contribution in [0.5, 0.6) is 0 Å². The second-order valence-electron chi connectivity index (χ2n) is 4.07. The number of nitrogens with zero attached hydrogens (tertiary/aromatic N) is 1. The number of nitrogen functional groups attached to an aromatic ring is 1. The molecule has 2 aromatic rings. The van der Waals surface area contributed by atoms with E-state index in [2.05, 4.69) is 17.3 Å². The van der Waals surface area contributed by atoms with Crippen LogP contribution in [0.3, 0.4) is 0 Å². The highest BCUT2D eigenvalue weighted by atomic mass is 16.5. The maximum Gasteiger partial charge on any atom is 0.169 e. The molecule has 0 aliphatic rings. The molecule has 4 heteroatoms. The quantitative estimate of drug-likeness (QED) is 0.879. The molecule has 0 amide bonds. The fourth-order valence-corrected chi connectivity index (χ4v) is 1.69. The zero-order valence-corrected chi connectivity index (χ0v) is 10.0. The lowest BCUT2D eigenvalue weighted by molar-refractivity contribution is 0.119. The molecular weight excluding hydrogens is 216 g/mol. The first-order valence-electron chi connectivity index (χ1n) is 5.53. The SMILES string of the molecule is COC(C)Cc1cccc(-c2cc(N)no2)c1. The number of aromatic nitrogens is 1. The van der Waals surface area contributed by atoms with Crippen molar-refractivity contribution in [3.63, 3.8) is 0 Å². The molecule has 1 aromatic carbocycles. The maximum atomic E-state index is 5.53. The van der Waals surface area contributed by atoms with Crippen molar-refractivity contribution in [2.24, 2.45) is 0 Å². The fraction of sp³-hybridized carbons (Fsp3) is 0.308. The number of benzene rings is 1. The summed E-state index contributed by atoms with van der Waals surface area (Å²) < 4.78 is 10.4. The molecule has 2 rings (SSSR count). The lowest BCUT2D eigenvalue weighted by Crippen LogP contribution is -2.08. The molecule has 0 aliphatic heterocycles. The van der Waals surface area contributed by atoms with Gasteiger partial charge in [-0.3, -0.25) is 0 Å². The number of hydrogen-bond acceptors (Lipinski definition) is 4. The summed E-state index contributed by atoms with van der Waals surface area (Å²) in [5.41, 5.74) is 7.71. The van der Waals surface area contributed by atoms with Gasteiger partial charge in [-0.25, -0.2) is 0 Å². The van der Waals surface area contributed by atoms with Gasteiger partial charge in [-0.15, -0.1) is 0 Å². The van der Waals surface area contributed by atoms with Crippen LogP contribution >= 0.6 is 0 Å². The lowest BCUT2D eigenvalue weighted by atomic mass is 10.0. The summed E-state index contributed by atoms with van der Waals surface area (Å²) in [7, 11) is 1.71. The van der Waals surface area contributed by atoms with Crippen molar-refractivity contribution in [1.29, 1.82) is 0 Å². The lowest BCUT2D eigenvalue weighted by Gasteiger charge is -2.09. The highest BCUT2D eigenvalue weighted by Crippen LogP contribution is 2.22. The third-order valence-electron chi connectivity index (χ3n) is 2.67. The minimum absolute atomic E-state index is 0.199. The van der Waals surface area contributed by atoms with Crippen LogP contribution in [0.15, 0.2) is 34.9 Å². The first-order chi connectivity index (χ1) is 8.19. The van der Waals surface area contributed by atoms with Crippen molar-refractivity contribution in [2.75, 3.05) is 12.8 Å². The van der Waals surface area contributed by atoms with E-state index in [0.717, 1.165) is 12.0 Å². The van der Waals surface area contributed by atoms with Gasteiger partial charge in [-0.05, 0) is 25.0 Å². The van der Waals surface area contributed by atoms with Crippen molar-refractivity contribution >= 4 is 5.82 Å². The van der Waals surface area contributed by atoms with Crippen LogP contribution in [0, 0.1) is 0 Å². The van der Waals surface area contributed by atoms with Crippen LogP contribution in [0.2, 0.25) is 0 Å². The molecule has 1 unspecified atom stereocenters. The Morgan fingerprint density at radius 3 is 2.88 bits per heavy atom. The van der Waals surface area contributed by atoms with E-state index < -0.39 is 0 Å². The van der Waals surface area contributed by atoms with E-state index >= 15 is 0 Å². The number of rotatable bonds is 4. The normalized spacial score (nSPS) is 12.6. The van der Waals surface area contributed by atoms with Gasteiger partial charge in [-0.1, -0.05) is 23.4 Å². The second kappa shape index (κ2) is 5.01. The van der Waals surface area contributed by atoms with Gasteiger partial charge in [0.25, 0.3) is 0 Å². The Hall–Kier alpha value is -1.81. The smallest absolute Gasteiger partial charge is 0.169 e. The fourth-order valence-electron chi connectivity index (χ4n) is 1.69. The summed E-state index contributed by atoms with van der Waals surface area (Å²) >= 11 is 0. The summed E-state index contributed by atoms with van der Waals surface area (Å²) in [6, 6.07) is 9.82. The van der Waals surface area contributed by atoms with Crippen molar-refractivity contribution < 1.29 is 9.26 Å². The average molecular weight is 232 g/mol. The van der Waals surface area contributed by atoms with Gasteiger partial charge in [0.2, 0.25) is 0 Å². The molecule has 2 N–H and O–H groups in total. The Balaban J connectivity index is 2.22. The topological polar surface area (TPSA) is 61.3 Å². The Morgan fingerprint density at radius 1 is 1.41 bits per heavy atom. The third-order valence-corrected chi connectivity index (χ3v) is 2.67. The van der Waals surface area contributed by atoms with E-state index in [1.165, 1.54) is 5.56 Å². The van der Waals surface area contributed by atoms with Crippen LogP contribution in [0.4, 0.5) is 5.82 Å². The van der Waals surface area contributed by atoms with Gasteiger partial charge >= 0.3 is 0 Å². The van der Waals surface area contributed by atoms with Crippen molar-refractivity contribution in [3.8, 4) is 11.3 Å². The molecule has 0 saturated carbocycles. The molecule has 90 valence electrons. The van der Waals surface area contributed by atoms with E-state index in [0.29, 0.717) is 11.6 Å². The van der Waals surface area contributed by atoms with Crippen molar-refractivity contribution in [1.82, 2.24) is 5.16 Å². The summed E-state index contributed by atoms with van der Waals surface area (Å²) in [6.07, 6.45) is 1.07. The first-order valence-corrected chi connectivity index (χ1v) is 5.53. The number of ether oxygens (including phenoxy) is 1. The van der Waals surface area contributed by atoms with Crippen LogP contribution < -0.4 is 5.73 Å². The predicted octanol–water partition coefficient (Wildman–Crippen LogP) is 2.50. The molecule has 17 heavy (non-hydrogen) atoms. The molecule has 0 fully saturated rings. The van der Waals surface area contributed by atoms with Gasteiger partial charge in [0.1, 0.15) is 0 Å². The molecular formula is C13H16N2O2. The number of nitrogens with two attached hydrogens (primary N) is 1. The van der Waals surface area contributed by atoms with E-state index in [-0.39, 0.29) is 6.10 Å². The van der Waals surface area contributed by atoms with E-state index in [4.69, 9.17) is 15.0 Å². The number of hydrogen-bond donors (Lipinski definition) is 1. The van der Waals surface area contributed by atoms with E-state index in [1.807, 2.05) is 19.1 Å². The largest absolute Gasteiger partial charge is 0.381 e. The Kier molecular flexibility index (Phi) is 3.44. The maximum absolute atomic E-state index is 5.53. The summed E-state index contributed by atoms with van der Waals surface area (Å²) in [5, 5.41) is 3.68. The molecule has 0 aliphatic carbocycles. The highest BCUT2D eigenvalue weighted by Gasteiger charge is 2.07. The van der Waals surface area contributed by atoms with Crippen LogP contribution in [0.25, 0.3) is 11.3 Å². The Bertz CT molecular complexity index is 494. The number of methoxy groups -OCH3 is 1. The van der Waals surface area contributed by atoms with Gasteiger partial charge in [0.05, 0.1) is 6.10 Å². The van der Waals surface area contributed by atoms with Gasteiger partial charge in [0, 0.05) is 18.7 Å². The highest BCUT2D eigenvalue weighted by molar-refractivity contribution is 5.60. The third kappa shape index (κ3) is 2.85. The molecule has 0 spiro atoms. The first kappa shape index (κ1) is 11.7. The van der Waals surface area contributed by atoms with E-state index in [9.17, 15) is 0 Å². The zero-order chi connectivity index (χ0) is 12.3. The van der Waals surface area contributed by atoms with Crippen LogP contribution in [-0.4, -0.2) is 18.4 Å². The van der Waals surface area contributed by atoms with Gasteiger partial charge in [0.15, 0.2) is 11.6 Å². The van der Waals surface area contributed by atoms with Crippen LogP contribution in [0.1, 0.15) is 12.5 Å². The van der Waals surface area contributed by atoms with Crippen molar-refractivity contribution in [2.45, 2.75) is 19.4 Å². The summed E-state index contributed by atoms with van der Waals surface area (Å²) in [6.45, 7) is 2.04. The summed E-state index contributed by atoms with van der Waals surface area (Å²) in [5.74, 6) is 1.09. The van der Waals surface area contributed by atoms with Crippen LogP contribution in [-0.2, 0) is 11.2 Å². The molecule has 4 nitrogen and oxygen atoms in total. The Labute approximate surface area is 100 Å². The molecule has 1 heterocycles. The van der Waals surface area contributed by atoms with Gasteiger partial charge in [-0.2, -0.15) is 0 Å². The minimum atomic E-state index is 0.199. The summed E-state index contributed by atoms with van der Waals surface area (Å²) in [4.78, 5) is 0. The molecule has 0 bridgehead atoms. The average Bonchev–Trinajstić information content (AvgIpc) is 2.76. The second-order valence-corrected chi connectivity index (χ2v) is 4.07. The predicted molar refractivity (Wildman–Crippen MR) is 66.5 cm³/mol. The molecule has 0 radical (unpaired) electrons. The molecule has 1 aromatic heterocycles. The van der Waals surface area contributed by atoms with Crippen molar-refractivity contribution in [3.05, 3.63) is 35.9 Å². The molecule has 0 saturated heterocycles. The number of anilines is 1. The standard InChI is InChI=1S/C13H16N2O2/c1-9(16-2)6-10-4-3-5-11(7-10)12-8-13(14)15-17-12/h3-5,7-9H,6H2,1-2H3,(H2,14,15).